The highest BCUT2D eigenvalue weighted by molar-refractivity contribution is 7.47. The normalized spacial score (nSPS) is 14.2. The van der Waals surface area contributed by atoms with E-state index in [0.29, 0.717) is 25.7 Å². The molecule has 3 N–H and O–H groups in total. The van der Waals surface area contributed by atoms with Gasteiger partial charge in [-0.25, -0.2) is 9.13 Å². The number of hydrogen-bond acceptors (Lipinski definition) is 15. The van der Waals surface area contributed by atoms with Crippen LogP contribution in [0.5, 0.6) is 0 Å². The maximum absolute atomic E-state index is 13.1. The van der Waals surface area contributed by atoms with E-state index in [1.807, 2.05) is 0 Å². The minimum Gasteiger partial charge on any atom is -0.462 e. The highest BCUT2D eigenvalue weighted by Gasteiger charge is 2.30. The Kier molecular flexibility index (Phi) is 70.3. The first-order chi connectivity index (χ1) is 47.9. The van der Waals surface area contributed by atoms with E-state index in [-0.39, 0.29) is 25.7 Å². The molecule has 0 aliphatic rings. The van der Waals surface area contributed by atoms with Crippen molar-refractivity contribution in [3.8, 4) is 0 Å². The molecule has 6 atom stereocenters. The first-order valence-corrected chi connectivity index (χ1v) is 44.5. The topological polar surface area (TPSA) is 237 Å². The molecule has 0 spiro atoms. The third-order valence-corrected chi connectivity index (χ3v) is 21.0. The van der Waals surface area contributed by atoms with E-state index >= 15 is 0 Å². The Bertz CT molecular complexity index is 1910. The van der Waals surface area contributed by atoms with Crippen LogP contribution in [0.3, 0.4) is 0 Å². The average Bonchev–Trinajstić information content (AvgIpc) is 1.13. The summed E-state index contributed by atoms with van der Waals surface area (Å²) in [6.07, 6.45) is 61.1. The van der Waals surface area contributed by atoms with Crippen LogP contribution in [-0.2, 0) is 65.4 Å². The summed E-state index contributed by atoms with van der Waals surface area (Å²) in [5.74, 6) is -0.510. The Morgan fingerprint density at radius 1 is 0.293 bits per heavy atom. The van der Waals surface area contributed by atoms with Gasteiger partial charge in [-0.3, -0.25) is 37.3 Å². The van der Waals surface area contributed by atoms with E-state index in [4.69, 9.17) is 37.0 Å². The van der Waals surface area contributed by atoms with Gasteiger partial charge in [0.15, 0.2) is 12.2 Å². The number of rotatable bonds is 79. The lowest BCUT2D eigenvalue weighted by Gasteiger charge is -2.21. The predicted molar refractivity (Wildman–Crippen MR) is 405 cm³/mol. The lowest BCUT2D eigenvalue weighted by atomic mass is 9.99. The lowest BCUT2D eigenvalue weighted by molar-refractivity contribution is -0.161. The standard InChI is InChI=1S/C80H156O17P2/c1-7-10-12-14-16-18-19-20-21-22-23-24-25-26-31-34-40-46-52-58-64-79(84)97-76(69-91-78(83)63-57-51-45-39-33-30-28-27-29-32-37-42-48-54-60-72(4)5)71-95-99(88,89)93-67-74(81)66-92-98(86,87)94-70-75(68-90-77(82)62-56-50-44-17-15-13-11-8-2)96-80(85)65-59-53-47-41-36-35-38-43-49-55-61-73(6)9-3/h72-76,81H,7-71H2,1-6H3,(H,86,87)(H,88,89)/t73?,74-,75+,76+/m0/s1. The molecule has 99 heavy (non-hydrogen) atoms. The monoisotopic (exact) mass is 1450 g/mol. The van der Waals surface area contributed by atoms with Crippen molar-refractivity contribution in [2.75, 3.05) is 39.6 Å². The summed E-state index contributed by atoms with van der Waals surface area (Å²) in [6.45, 7) is 9.65. The Morgan fingerprint density at radius 3 is 0.768 bits per heavy atom. The molecule has 0 aliphatic heterocycles. The van der Waals surface area contributed by atoms with Gasteiger partial charge in [0, 0.05) is 25.7 Å². The van der Waals surface area contributed by atoms with E-state index in [1.165, 1.54) is 231 Å². The maximum Gasteiger partial charge on any atom is 0.472 e. The molecule has 0 aliphatic carbocycles. The summed E-state index contributed by atoms with van der Waals surface area (Å²) in [5.41, 5.74) is 0. The molecule has 0 fully saturated rings. The molecule has 0 radical (unpaired) electrons. The molecule has 0 amide bonds. The average molecular weight is 1450 g/mol. The molecular formula is C80H156O17P2. The molecule has 0 heterocycles. The third kappa shape index (κ3) is 72.8. The number of aliphatic hydroxyl groups excluding tert-OH is 1. The van der Waals surface area contributed by atoms with Crippen LogP contribution in [0.1, 0.15) is 420 Å². The van der Waals surface area contributed by atoms with E-state index < -0.39 is 97.5 Å². The molecule has 0 aromatic carbocycles. The van der Waals surface area contributed by atoms with Crippen molar-refractivity contribution in [1.82, 2.24) is 0 Å². The van der Waals surface area contributed by atoms with Gasteiger partial charge in [0.2, 0.25) is 0 Å². The minimum absolute atomic E-state index is 0.106. The number of unbranched alkanes of at least 4 members (excludes halogenated alkanes) is 48. The lowest BCUT2D eigenvalue weighted by Crippen LogP contribution is -2.30. The van der Waals surface area contributed by atoms with E-state index in [9.17, 15) is 43.2 Å². The second-order valence-electron chi connectivity index (χ2n) is 29.5. The fourth-order valence-electron chi connectivity index (χ4n) is 12.3. The van der Waals surface area contributed by atoms with Crippen LogP contribution in [0.2, 0.25) is 0 Å². The van der Waals surface area contributed by atoms with Gasteiger partial charge in [0.05, 0.1) is 26.4 Å². The van der Waals surface area contributed by atoms with Gasteiger partial charge in [0.25, 0.3) is 0 Å². The van der Waals surface area contributed by atoms with Gasteiger partial charge in [-0.15, -0.1) is 0 Å². The molecule has 0 aromatic heterocycles. The van der Waals surface area contributed by atoms with E-state index in [2.05, 4.69) is 41.5 Å². The molecule has 0 aromatic rings. The molecule has 0 saturated heterocycles. The van der Waals surface area contributed by atoms with Crippen molar-refractivity contribution in [2.24, 2.45) is 11.8 Å². The zero-order valence-electron chi connectivity index (χ0n) is 64.8. The van der Waals surface area contributed by atoms with Crippen molar-refractivity contribution in [3.63, 3.8) is 0 Å². The highest BCUT2D eigenvalue weighted by atomic mass is 31.2. The van der Waals surface area contributed by atoms with Gasteiger partial charge in [-0.05, 0) is 37.5 Å². The number of hydrogen-bond donors (Lipinski definition) is 3. The molecule has 0 rings (SSSR count). The van der Waals surface area contributed by atoms with Crippen LogP contribution >= 0.6 is 15.6 Å². The Hall–Kier alpha value is -1.94. The van der Waals surface area contributed by atoms with Crippen LogP contribution in [-0.4, -0.2) is 96.7 Å². The molecule has 588 valence electrons. The molecule has 0 saturated carbocycles. The zero-order valence-corrected chi connectivity index (χ0v) is 66.6. The summed E-state index contributed by atoms with van der Waals surface area (Å²) in [5, 5.41) is 10.6. The number of phosphoric acid groups is 2. The van der Waals surface area contributed by atoms with Crippen molar-refractivity contribution >= 4 is 39.5 Å². The van der Waals surface area contributed by atoms with Crippen LogP contribution in [0.4, 0.5) is 0 Å². The van der Waals surface area contributed by atoms with Crippen LogP contribution in [0.25, 0.3) is 0 Å². The van der Waals surface area contributed by atoms with Crippen molar-refractivity contribution < 1.29 is 80.2 Å². The van der Waals surface area contributed by atoms with Crippen molar-refractivity contribution in [3.05, 3.63) is 0 Å². The molecule has 17 nitrogen and oxygen atoms in total. The molecule has 3 unspecified atom stereocenters. The molecule has 0 bridgehead atoms. The summed E-state index contributed by atoms with van der Waals surface area (Å²) in [6, 6.07) is 0. The number of carbonyl (C=O) groups is 4. The van der Waals surface area contributed by atoms with Gasteiger partial charge < -0.3 is 33.8 Å². The smallest absolute Gasteiger partial charge is 0.462 e. The van der Waals surface area contributed by atoms with Gasteiger partial charge in [-0.1, -0.05) is 369 Å². The summed E-state index contributed by atoms with van der Waals surface area (Å²) < 4.78 is 68.6. The fraction of sp³-hybridized carbons (Fsp3) is 0.950. The second kappa shape index (κ2) is 71.7. The number of phosphoric ester groups is 2. The number of esters is 4. The molecule has 19 heteroatoms. The third-order valence-electron chi connectivity index (χ3n) is 19.1. The summed E-state index contributed by atoms with van der Waals surface area (Å²) >= 11 is 0. The number of aliphatic hydroxyl groups is 1. The minimum atomic E-state index is -4.96. The fourth-order valence-corrected chi connectivity index (χ4v) is 13.9. The summed E-state index contributed by atoms with van der Waals surface area (Å²) in [7, 11) is -9.91. The zero-order chi connectivity index (χ0) is 72.8. The van der Waals surface area contributed by atoms with Gasteiger partial charge >= 0.3 is 39.5 Å². The SMILES string of the molecule is CCCCCCCCCCCCCCCCCCCCCCC(=O)O[C@H](COC(=O)CCCCCCCCCCCCCCCCC(C)C)COP(=O)(O)OC[C@@H](O)COP(=O)(O)OC[C@@H](COC(=O)CCCCCCCCCC)OC(=O)CCCCCCCCCCCCC(C)CC. The number of ether oxygens (including phenoxy) is 4. The maximum atomic E-state index is 13.1. The van der Waals surface area contributed by atoms with Gasteiger partial charge in [0.1, 0.15) is 19.3 Å². The Labute approximate surface area is 607 Å². The van der Waals surface area contributed by atoms with Crippen LogP contribution in [0.15, 0.2) is 0 Å². The first kappa shape index (κ1) is 97.1. The number of carbonyl (C=O) groups excluding carboxylic acids is 4. The predicted octanol–water partition coefficient (Wildman–Crippen LogP) is 23.9. The molecular weight excluding hydrogens is 1290 g/mol. The van der Waals surface area contributed by atoms with Crippen LogP contribution in [0, 0.1) is 11.8 Å². The quantitative estimate of drug-likeness (QED) is 0.0222. The van der Waals surface area contributed by atoms with E-state index in [0.717, 1.165) is 108 Å². The van der Waals surface area contributed by atoms with Gasteiger partial charge in [-0.2, -0.15) is 0 Å². The first-order valence-electron chi connectivity index (χ1n) is 41.5. The van der Waals surface area contributed by atoms with Crippen molar-refractivity contribution in [1.29, 1.82) is 0 Å². The Balaban J connectivity index is 5.20. The van der Waals surface area contributed by atoms with Crippen LogP contribution < -0.4 is 0 Å². The summed E-state index contributed by atoms with van der Waals surface area (Å²) in [4.78, 5) is 72.9. The largest absolute Gasteiger partial charge is 0.472 e. The van der Waals surface area contributed by atoms with Crippen molar-refractivity contribution in [2.45, 2.75) is 439 Å². The highest BCUT2D eigenvalue weighted by Crippen LogP contribution is 2.45. The van der Waals surface area contributed by atoms with E-state index in [1.54, 1.807) is 0 Å². The second-order valence-corrected chi connectivity index (χ2v) is 32.4. The Morgan fingerprint density at radius 2 is 0.515 bits per heavy atom.